The molecule has 14 heavy (non-hydrogen) atoms. The zero-order chi connectivity index (χ0) is 10.6. The molecule has 0 saturated heterocycles. The molecule has 1 aromatic heterocycles. The van der Waals surface area contributed by atoms with E-state index in [4.69, 9.17) is 5.11 Å². The molecule has 3 N–H and O–H groups in total. The maximum atomic E-state index is 10.3. The number of amides is 1. The summed E-state index contributed by atoms with van der Waals surface area (Å²) in [6, 6.07) is 2.74. The van der Waals surface area contributed by atoms with E-state index >= 15 is 0 Å². The van der Waals surface area contributed by atoms with Gasteiger partial charge in [0.1, 0.15) is 0 Å². The normalized spacial score (nSPS) is 14.4. The molecular formula is C9H12N2O3. The Bertz CT molecular complexity index is 302. The second kappa shape index (κ2) is 4.57. The number of aliphatic hydroxyl groups is 1. The van der Waals surface area contributed by atoms with Gasteiger partial charge in [-0.05, 0) is 24.6 Å². The van der Waals surface area contributed by atoms with Crippen LogP contribution in [-0.2, 0) is 0 Å². The van der Waals surface area contributed by atoms with Crippen molar-refractivity contribution < 1.29 is 15.0 Å². The number of carbonyl (C=O) groups is 1. The SMILES string of the molecule is C[C@H](NC(=O)O)[C@@H](O)c1ccncc1. The Morgan fingerprint density at radius 2 is 2.07 bits per heavy atom. The molecule has 0 aromatic carbocycles. The molecule has 0 radical (unpaired) electrons. The number of nitrogens with zero attached hydrogens (tertiary/aromatic N) is 1. The van der Waals surface area contributed by atoms with Gasteiger partial charge in [0.2, 0.25) is 0 Å². The lowest BCUT2D eigenvalue weighted by Crippen LogP contribution is -2.35. The first-order valence-corrected chi connectivity index (χ1v) is 4.18. The summed E-state index contributed by atoms with van der Waals surface area (Å²) in [7, 11) is 0. The highest BCUT2D eigenvalue weighted by Gasteiger charge is 2.17. The number of pyridine rings is 1. The number of aliphatic hydroxyl groups excluding tert-OH is 1. The molecule has 0 aliphatic carbocycles. The summed E-state index contributed by atoms with van der Waals surface area (Å²) < 4.78 is 0. The fourth-order valence-electron chi connectivity index (χ4n) is 1.12. The van der Waals surface area contributed by atoms with E-state index in [-0.39, 0.29) is 0 Å². The lowest BCUT2D eigenvalue weighted by atomic mass is 10.1. The molecule has 2 atom stereocenters. The molecule has 0 unspecified atom stereocenters. The Morgan fingerprint density at radius 3 is 2.57 bits per heavy atom. The van der Waals surface area contributed by atoms with E-state index in [2.05, 4.69) is 10.3 Å². The first-order valence-electron chi connectivity index (χ1n) is 4.18. The molecular weight excluding hydrogens is 184 g/mol. The van der Waals surface area contributed by atoms with Gasteiger partial charge < -0.3 is 15.5 Å². The van der Waals surface area contributed by atoms with Crippen molar-refractivity contribution in [3.05, 3.63) is 30.1 Å². The Kier molecular flexibility index (Phi) is 3.41. The van der Waals surface area contributed by atoms with Crippen molar-refractivity contribution in [1.82, 2.24) is 10.3 Å². The standard InChI is InChI=1S/C9H12N2O3/c1-6(11-9(13)14)8(12)7-2-4-10-5-3-7/h2-6,8,11-12H,1H3,(H,13,14)/t6-,8+/m0/s1. The number of hydrogen-bond donors (Lipinski definition) is 3. The molecule has 5 nitrogen and oxygen atoms in total. The van der Waals surface area contributed by atoms with Crippen LogP contribution in [0.2, 0.25) is 0 Å². The Labute approximate surface area is 81.4 Å². The molecule has 0 saturated carbocycles. The van der Waals surface area contributed by atoms with Gasteiger partial charge in [-0.1, -0.05) is 0 Å². The first-order chi connectivity index (χ1) is 6.61. The van der Waals surface area contributed by atoms with E-state index in [0.29, 0.717) is 5.56 Å². The zero-order valence-electron chi connectivity index (χ0n) is 7.71. The quantitative estimate of drug-likeness (QED) is 0.666. The third-order valence-corrected chi connectivity index (χ3v) is 1.87. The van der Waals surface area contributed by atoms with Crippen molar-refractivity contribution in [2.45, 2.75) is 19.1 Å². The lowest BCUT2D eigenvalue weighted by molar-refractivity contribution is 0.127. The molecule has 5 heteroatoms. The molecule has 1 rings (SSSR count). The third kappa shape index (κ3) is 2.70. The summed E-state index contributed by atoms with van der Waals surface area (Å²) in [5.74, 6) is 0. The molecule has 1 amide bonds. The van der Waals surface area contributed by atoms with Gasteiger partial charge in [-0.2, -0.15) is 0 Å². The molecule has 0 bridgehead atoms. The average molecular weight is 196 g/mol. The number of carboxylic acid groups (broad SMARTS) is 1. The van der Waals surface area contributed by atoms with Crippen molar-refractivity contribution in [2.24, 2.45) is 0 Å². The van der Waals surface area contributed by atoms with Crippen molar-refractivity contribution in [3.8, 4) is 0 Å². The van der Waals surface area contributed by atoms with Crippen LogP contribution in [-0.4, -0.2) is 27.3 Å². The van der Waals surface area contributed by atoms with Gasteiger partial charge in [0.15, 0.2) is 0 Å². The minimum Gasteiger partial charge on any atom is -0.465 e. The van der Waals surface area contributed by atoms with Crippen molar-refractivity contribution in [3.63, 3.8) is 0 Å². The minimum absolute atomic E-state index is 0.546. The molecule has 0 fully saturated rings. The van der Waals surface area contributed by atoms with E-state index in [1.807, 2.05) is 0 Å². The molecule has 1 heterocycles. The maximum absolute atomic E-state index is 10.3. The predicted molar refractivity (Wildman–Crippen MR) is 49.8 cm³/mol. The molecule has 0 aliphatic rings. The highest BCUT2D eigenvalue weighted by atomic mass is 16.4. The predicted octanol–water partition coefficient (Wildman–Crippen LogP) is 0.771. The Hall–Kier alpha value is -1.62. The Balaban J connectivity index is 2.65. The summed E-state index contributed by atoms with van der Waals surface area (Å²) in [6.07, 6.45) is 1.10. The lowest BCUT2D eigenvalue weighted by Gasteiger charge is -2.18. The smallest absolute Gasteiger partial charge is 0.404 e. The summed E-state index contributed by atoms with van der Waals surface area (Å²) in [4.78, 5) is 14.1. The minimum atomic E-state index is -1.15. The third-order valence-electron chi connectivity index (χ3n) is 1.87. The molecule has 1 aromatic rings. The van der Waals surface area contributed by atoms with Crippen molar-refractivity contribution in [2.75, 3.05) is 0 Å². The van der Waals surface area contributed by atoms with Crippen molar-refractivity contribution in [1.29, 1.82) is 0 Å². The van der Waals surface area contributed by atoms with Gasteiger partial charge in [-0.25, -0.2) is 4.79 Å². The summed E-state index contributed by atoms with van der Waals surface area (Å²) in [6.45, 7) is 1.60. The molecule has 0 spiro atoms. The highest BCUT2D eigenvalue weighted by Crippen LogP contribution is 2.14. The van der Waals surface area contributed by atoms with Gasteiger partial charge in [0.25, 0.3) is 0 Å². The topological polar surface area (TPSA) is 82.5 Å². The largest absolute Gasteiger partial charge is 0.465 e. The van der Waals surface area contributed by atoms with Gasteiger partial charge in [0, 0.05) is 12.4 Å². The van der Waals surface area contributed by atoms with Crippen LogP contribution in [0.1, 0.15) is 18.6 Å². The second-order valence-electron chi connectivity index (χ2n) is 2.96. The van der Waals surface area contributed by atoms with Crippen LogP contribution in [0.15, 0.2) is 24.5 Å². The summed E-state index contributed by atoms with van der Waals surface area (Å²) in [5, 5.41) is 20.3. The van der Waals surface area contributed by atoms with Crippen LogP contribution in [0.4, 0.5) is 4.79 Å². The van der Waals surface area contributed by atoms with E-state index in [9.17, 15) is 9.90 Å². The van der Waals surface area contributed by atoms with E-state index in [1.54, 1.807) is 31.5 Å². The van der Waals surface area contributed by atoms with E-state index in [0.717, 1.165) is 0 Å². The first kappa shape index (κ1) is 10.5. The molecule has 0 aliphatic heterocycles. The van der Waals surface area contributed by atoms with Crippen LogP contribution in [0, 0.1) is 0 Å². The second-order valence-corrected chi connectivity index (χ2v) is 2.96. The van der Waals surface area contributed by atoms with Crippen LogP contribution < -0.4 is 5.32 Å². The monoisotopic (exact) mass is 196 g/mol. The van der Waals surface area contributed by atoms with Crippen LogP contribution >= 0.6 is 0 Å². The van der Waals surface area contributed by atoms with E-state index < -0.39 is 18.2 Å². The number of nitrogens with one attached hydrogen (secondary N) is 1. The van der Waals surface area contributed by atoms with Crippen LogP contribution in [0.25, 0.3) is 0 Å². The zero-order valence-corrected chi connectivity index (χ0v) is 7.71. The highest BCUT2D eigenvalue weighted by molar-refractivity contribution is 5.64. The van der Waals surface area contributed by atoms with Gasteiger partial charge >= 0.3 is 6.09 Å². The summed E-state index contributed by atoms with van der Waals surface area (Å²) in [5.41, 5.74) is 0.640. The van der Waals surface area contributed by atoms with Crippen molar-refractivity contribution >= 4 is 6.09 Å². The number of hydrogen-bond acceptors (Lipinski definition) is 3. The summed E-state index contributed by atoms with van der Waals surface area (Å²) >= 11 is 0. The van der Waals surface area contributed by atoms with E-state index in [1.165, 1.54) is 0 Å². The van der Waals surface area contributed by atoms with Crippen LogP contribution in [0.3, 0.4) is 0 Å². The molecule has 76 valence electrons. The fraction of sp³-hybridized carbons (Fsp3) is 0.333. The van der Waals surface area contributed by atoms with Gasteiger partial charge in [0.05, 0.1) is 12.1 Å². The number of aromatic nitrogens is 1. The Morgan fingerprint density at radius 1 is 1.50 bits per heavy atom. The maximum Gasteiger partial charge on any atom is 0.404 e. The van der Waals surface area contributed by atoms with Crippen LogP contribution in [0.5, 0.6) is 0 Å². The van der Waals surface area contributed by atoms with Gasteiger partial charge in [-0.3, -0.25) is 4.98 Å². The average Bonchev–Trinajstić information content (AvgIpc) is 2.17. The number of rotatable bonds is 3. The van der Waals surface area contributed by atoms with Gasteiger partial charge in [-0.15, -0.1) is 0 Å². The fourth-order valence-corrected chi connectivity index (χ4v) is 1.12.